The Labute approximate surface area is 176 Å². The van der Waals surface area contributed by atoms with Crippen LogP contribution < -0.4 is 10.3 Å². The smallest absolute Gasteiger partial charge is 0.296 e. The second-order valence-corrected chi connectivity index (χ2v) is 7.96. The lowest BCUT2D eigenvalue weighted by Crippen LogP contribution is -2.29. The van der Waals surface area contributed by atoms with Gasteiger partial charge >= 0.3 is 0 Å². The van der Waals surface area contributed by atoms with E-state index in [0.717, 1.165) is 16.7 Å². The molecule has 4 aromatic rings. The van der Waals surface area contributed by atoms with Gasteiger partial charge in [-0.25, -0.2) is 0 Å². The van der Waals surface area contributed by atoms with Crippen LogP contribution in [-0.4, -0.2) is 11.1 Å². The van der Waals surface area contributed by atoms with Gasteiger partial charge in [-0.3, -0.25) is 14.5 Å². The molecule has 7 heteroatoms. The first-order valence-electron chi connectivity index (χ1n) is 9.45. The Kier molecular flexibility index (Phi) is 4.08. The molecule has 5 rings (SSSR count). The fraction of sp³-hybridized carbons (Fsp3) is 0.174. The minimum absolute atomic E-state index is 0.0143. The summed E-state index contributed by atoms with van der Waals surface area (Å²) >= 11 is 6.26. The lowest BCUT2D eigenvalue weighted by Gasteiger charge is -2.22. The second-order valence-electron chi connectivity index (χ2n) is 7.56. The number of hydrogen-bond donors (Lipinski definition) is 0. The van der Waals surface area contributed by atoms with Crippen molar-refractivity contribution in [1.82, 2.24) is 5.16 Å². The highest BCUT2D eigenvalue weighted by molar-refractivity contribution is 6.32. The molecule has 0 N–H and O–H groups in total. The van der Waals surface area contributed by atoms with E-state index in [1.54, 1.807) is 25.1 Å². The van der Waals surface area contributed by atoms with Crippen molar-refractivity contribution in [2.75, 3.05) is 4.90 Å². The van der Waals surface area contributed by atoms with Gasteiger partial charge in [-0.05, 0) is 44.0 Å². The number of carbonyl (C=O) groups is 1. The zero-order valence-electron chi connectivity index (χ0n) is 16.5. The van der Waals surface area contributed by atoms with Gasteiger partial charge in [0.25, 0.3) is 5.91 Å². The van der Waals surface area contributed by atoms with E-state index in [1.807, 2.05) is 38.1 Å². The van der Waals surface area contributed by atoms with Crippen LogP contribution >= 0.6 is 11.6 Å². The normalized spacial score (nSPS) is 15.8. The maximum atomic E-state index is 13.5. The minimum atomic E-state index is -0.682. The van der Waals surface area contributed by atoms with E-state index < -0.39 is 11.9 Å². The van der Waals surface area contributed by atoms with E-state index in [4.69, 9.17) is 20.5 Å². The number of anilines is 1. The number of fused-ring (bicyclic) bond motifs is 2. The standard InChI is InChI=1S/C23H17ClN2O4/c1-11-4-6-14(7-5-11)20-19-21(27)15-10-16(24)12(2)8-17(15)29-22(19)23(28)26(20)18-9-13(3)30-25-18/h4-10,20H,1-3H3/t20-/m1/s1. The Morgan fingerprint density at radius 2 is 1.77 bits per heavy atom. The number of hydrogen-bond acceptors (Lipinski definition) is 5. The van der Waals surface area contributed by atoms with E-state index >= 15 is 0 Å². The number of rotatable bonds is 2. The lowest BCUT2D eigenvalue weighted by molar-refractivity contribution is 0.0969. The molecule has 0 bridgehead atoms. The van der Waals surface area contributed by atoms with Crippen molar-refractivity contribution >= 4 is 34.3 Å². The molecule has 1 atom stereocenters. The van der Waals surface area contributed by atoms with Crippen molar-refractivity contribution in [3.63, 3.8) is 0 Å². The maximum Gasteiger partial charge on any atom is 0.296 e. The Balaban J connectivity index is 1.83. The summed E-state index contributed by atoms with van der Waals surface area (Å²) in [6, 6.07) is 11.9. The van der Waals surface area contributed by atoms with Gasteiger partial charge in [0.15, 0.2) is 11.2 Å². The third-order valence-electron chi connectivity index (χ3n) is 5.41. The molecular formula is C23H17ClN2O4. The first-order chi connectivity index (χ1) is 14.3. The summed E-state index contributed by atoms with van der Waals surface area (Å²) in [6.07, 6.45) is 0. The van der Waals surface area contributed by atoms with Crippen LogP contribution in [0.5, 0.6) is 0 Å². The summed E-state index contributed by atoms with van der Waals surface area (Å²) in [4.78, 5) is 28.4. The Morgan fingerprint density at radius 1 is 1.03 bits per heavy atom. The second kappa shape index (κ2) is 6.57. The van der Waals surface area contributed by atoms with Crippen LogP contribution in [0.4, 0.5) is 5.82 Å². The zero-order valence-corrected chi connectivity index (χ0v) is 17.3. The summed E-state index contributed by atoms with van der Waals surface area (Å²) in [5.41, 5.74) is 2.93. The highest BCUT2D eigenvalue weighted by Crippen LogP contribution is 2.41. The number of nitrogens with zero attached hydrogens (tertiary/aromatic N) is 2. The van der Waals surface area contributed by atoms with Crippen molar-refractivity contribution in [2.24, 2.45) is 0 Å². The molecule has 1 aliphatic heterocycles. The van der Waals surface area contributed by atoms with Crippen molar-refractivity contribution in [3.8, 4) is 0 Å². The average Bonchev–Trinajstić information content (AvgIpc) is 3.26. The maximum absolute atomic E-state index is 13.5. The van der Waals surface area contributed by atoms with E-state index in [0.29, 0.717) is 27.6 Å². The van der Waals surface area contributed by atoms with Crippen molar-refractivity contribution in [1.29, 1.82) is 0 Å². The monoisotopic (exact) mass is 420 g/mol. The molecule has 2 aromatic heterocycles. The summed E-state index contributed by atoms with van der Waals surface area (Å²) in [5.74, 6) is 0.464. The van der Waals surface area contributed by atoms with Crippen molar-refractivity contribution in [2.45, 2.75) is 26.8 Å². The van der Waals surface area contributed by atoms with Gasteiger partial charge in [-0.2, -0.15) is 0 Å². The summed E-state index contributed by atoms with van der Waals surface area (Å²) in [6.45, 7) is 5.53. The number of amides is 1. The molecule has 0 saturated carbocycles. The van der Waals surface area contributed by atoms with Crippen LogP contribution in [0.3, 0.4) is 0 Å². The Bertz CT molecular complexity index is 1390. The highest BCUT2D eigenvalue weighted by atomic mass is 35.5. The topological polar surface area (TPSA) is 76.6 Å². The van der Waals surface area contributed by atoms with E-state index in [9.17, 15) is 9.59 Å². The van der Waals surface area contributed by atoms with Crippen molar-refractivity contribution < 1.29 is 13.7 Å². The molecule has 1 amide bonds. The zero-order chi connectivity index (χ0) is 21.2. The van der Waals surface area contributed by atoms with Gasteiger partial charge in [-0.1, -0.05) is 46.6 Å². The number of halogens is 1. The lowest BCUT2D eigenvalue weighted by atomic mass is 9.97. The molecular weight excluding hydrogens is 404 g/mol. The molecule has 0 radical (unpaired) electrons. The fourth-order valence-corrected chi connectivity index (χ4v) is 4.02. The van der Waals surface area contributed by atoms with E-state index in [2.05, 4.69) is 5.16 Å². The molecule has 6 nitrogen and oxygen atoms in total. The predicted octanol–water partition coefficient (Wildman–Crippen LogP) is 5.11. The third kappa shape index (κ3) is 2.68. The van der Waals surface area contributed by atoms with Crippen LogP contribution in [0.15, 0.2) is 56.2 Å². The number of aromatic nitrogens is 1. The predicted molar refractivity (Wildman–Crippen MR) is 113 cm³/mol. The molecule has 0 unspecified atom stereocenters. The quantitative estimate of drug-likeness (QED) is 0.450. The molecule has 3 heterocycles. The molecule has 30 heavy (non-hydrogen) atoms. The molecule has 0 saturated heterocycles. The molecule has 1 aliphatic rings. The third-order valence-corrected chi connectivity index (χ3v) is 5.81. The van der Waals surface area contributed by atoms with Crippen molar-refractivity contribution in [3.05, 3.63) is 91.5 Å². The fourth-order valence-electron chi connectivity index (χ4n) is 3.86. The van der Waals surface area contributed by atoms with Gasteiger partial charge < -0.3 is 8.94 Å². The average molecular weight is 421 g/mol. The Hall–Kier alpha value is -3.38. The highest BCUT2D eigenvalue weighted by Gasteiger charge is 2.44. The summed E-state index contributed by atoms with van der Waals surface area (Å²) in [7, 11) is 0. The van der Waals surface area contributed by atoms with Gasteiger partial charge in [-0.15, -0.1) is 0 Å². The van der Waals surface area contributed by atoms with Gasteiger partial charge in [0.05, 0.1) is 17.0 Å². The SMILES string of the molecule is Cc1ccc([C@@H]2c3c(oc4cc(C)c(Cl)cc4c3=O)C(=O)N2c2cc(C)on2)cc1. The molecule has 2 aromatic carbocycles. The number of aryl methyl sites for hydroxylation is 3. The number of benzene rings is 2. The van der Waals surface area contributed by atoms with Gasteiger partial charge in [0, 0.05) is 11.1 Å². The molecule has 0 fully saturated rings. The largest absolute Gasteiger partial charge is 0.450 e. The van der Waals surface area contributed by atoms with Crippen LogP contribution in [0, 0.1) is 20.8 Å². The summed E-state index contributed by atoms with van der Waals surface area (Å²) in [5, 5.41) is 4.83. The first kappa shape index (κ1) is 18.6. The molecule has 0 spiro atoms. The summed E-state index contributed by atoms with van der Waals surface area (Å²) < 4.78 is 11.2. The van der Waals surface area contributed by atoms with E-state index in [-0.39, 0.29) is 16.8 Å². The minimum Gasteiger partial charge on any atom is -0.450 e. The number of carbonyl (C=O) groups excluding carboxylic acids is 1. The van der Waals surface area contributed by atoms with Crippen LogP contribution in [0.25, 0.3) is 11.0 Å². The first-order valence-corrected chi connectivity index (χ1v) is 9.83. The van der Waals surface area contributed by atoms with Crippen LogP contribution in [0.1, 0.15) is 44.6 Å². The van der Waals surface area contributed by atoms with Crippen LogP contribution in [0.2, 0.25) is 5.02 Å². The molecule has 150 valence electrons. The molecule has 0 aliphatic carbocycles. The van der Waals surface area contributed by atoms with Crippen LogP contribution in [-0.2, 0) is 0 Å². The Morgan fingerprint density at radius 3 is 2.43 bits per heavy atom. The van der Waals surface area contributed by atoms with Gasteiger partial charge in [0.1, 0.15) is 11.3 Å². The van der Waals surface area contributed by atoms with E-state index in [1.165, 1.54) is 4.90 Å². The van der Waals surface area contributed by atoms with Gasteiger partial charge in [0.2, 0.25) is 5.76 Å².